The fourth-order valence-corrected chi connectivity index (χ4v) is 3.94. The van der Waals surface area contributed by atoms with Gasteiger partial charge in [-0.2, -0.15) is 0 Å². The molecule has 2 aliphatic heterocycles. The molecule has 0 N–H and O–H groups in total. The summed E-state index contributed by atoms with van der Waals surface area (Å²) in [6, 6.07) is 16.8. The minimum Gasteiger partial charge on any atom is -0.451 e. The lowest BCUT2D eigenvalue weighted by atomic mass is 9.81. The van der Waals surface area contributed by atoms with Crippen LogP contribution in [-0.2, 0) is 16.0 Å². The van der Waals surface area contributed by atoms with Gasteiger partial charge in [-0.25, -0.2) is 9.18 Å². The monoisotopic (exact) mass is 351 g/mol. The van der Waals surface area contributed by atoms with Crippen LogP contribution in [0.5, 0.6) is 0 Å². The number of carbonyl (C=O) groups excluding carboxylic acids is 1. The standard InChI is InChI=1S/C22H22FNO2/c23-19-8-6-18(7-9-19)20-16-21(25)26-22(20)11-14-24(15-12-22)13-10-17-4-2-1-3-5-17/h1-9,16H,10-15H2. The lowest BCUT2D eigenvalue weighted by Crippen LogP contribution is -2.46. The fourth-order valence-electron chi connectivity index (χ4n) is 3.94. The molecule has 3 nitrogen and oxygen atoms in total. The lowest BCUT2D eigenvalue weighted by Gasteiger charge is -2.40. The second kappa shape index (κ2) is 7.04. The fraction of sp³-hybridized carbons (Fsp3) is 0.318. The molecule has 0 radical (unpaired) electrons. The Labute approximate surface area is 153 Å². The van der Waals surface area contributed by atoms with E-state index in [1.54, 1.807) is 18.2 Å². The van der Waals surface area contributed by atoms with Crippen LogP contribution >= 0.6 is 0 Å². The molecule has 2 aromatic carbocycles. The van der Waals surface area contributed by atoms with Gasteiger partial charge in [0.2, 0.25) is 0 Å². The lowest BCUT2D eigenvalue weighted by molar-refractivity contribution is -0.148. The zero-order valence-corrected chi connectivity index (χ0v) is 14.7. The van der Waals surface area contributed by atoms with Gasteiger partial charge in [-0.3, -0.25) is 0 Å². The van der Waals surface area contributed by atoms with E-state index in [9.17, 15) is 9.18 Å². The maximum atomic E-state index is 13.2. The average Bonchev–Trinajstić information content (AvgIpc) is 2.98. The first-order valence-electron chi connectivity index (χ1n) is 9.12. The summed E-state index contributed by atoms with van der Waals surface area (Å²) in [6.07, 6.45) is 4.15. The number of halogens is 1. The van der Waals surface area contributed by atoms with E-state index < -0.39 is 5.60 Å². The summed E-state index contributed by atoms with van der Waals surface area (Å²) < 4.78 is 19.0. The molecule has 0 amide bonds. The first kappa shape index (κ1) is 17.0. The molecule has 2 aromatic rings. The highest BCUT2D eigenvalue weighted by atomic mass is 19.1. The molecule has 0 unspecified atom stereocenters. The van der Waals surface area contributed by atoms with Gasteiger partial charge in [0.25, 0.3) is 0 Å². The summed E-state index contributed by atoms with van der Waals surface area (Å²) in [5, 5.41) is 0. The van der Waals surface area contributed by atoms with Crippen molar-refractivity contribution >= 4 is 11.5 Å². The summed E-state index contributed by atoms with van der Waals surface area (Å²) in [7, 11) is 0. The summed E-state index contributed by atoms with van der Waals surface area (Å²) in [4.78, 5) is 14.4. The van der Waals surface area contributed by atoms with Gasteiger partial charge in [0.15, 0.2) is 0 Å². The van der Waals surface area contributed by atoms with Crippen LogP contribution in [0.2, 0.25) is 0 Å². The SMILES string of the molecule is O=C1C=C(c2ccc(F)cc2)C2(CCN(CCc3ccccc3)CC2)O1. The van der Waals surface area contributed by atoms with E-state index in [1.165, 1.54) is 17.7 Å². The van der Waals surface area contributed by atoms with E-state index >= 15 is 0 Å². The van der Waals surface area contributed by atoms with Gasteiger partial charge >= 0.3 is 5.97 Å². The number of esters is 1. The summed E-state index contributed by atoms with van der Waals surface area (Å²) in [5.41, 5.74) is 2.55. The Bertz CT molecular complexity index is 806. The van der Waals surface area contributed by atoms with Crippen molar-refractivity contribution in [3.63, 3.8) is 0 Å². The van der Waals surface area contributed by atoms with Crippen molar-refractivity contribution in [2.45, 2.75) is 24.9 Å². The number of carbonyl (C=O) groups is 1. The van der Waals surface area contributed by atoms with Gasteiger partial charge in [-0.15, -0.1) is 0 Å². The van der Waals surface area contributed by atoms with Crippen molar-refractivity contribution in [1.29, 1.82) is 0 Å². The molecular weight excluding hydrogens is 329 g/mol. The van der Waals surface area contributed by atoms with Gasteiger partial charge in [0, 0.05) is 44.1 Å². The van der Waals surface area contributed by atoms with E-state index in [1.807, 2.05) is 6.07 Å². The summed E-state index contributed by atoms with van der Waals surface area (Å²) in [6.45, 7) is 2.78. The second-order valence-electron chi connectivity index (χ2n) is 7.06. The van der Waals surface area contributed by atoms with Crippen LogP contribution in [0.15, 0.2) is 60.7 Å². The molecule has 1 fully saturated rings. The minimum absolute atomic E-state index is 0.274. The van der Waals surface area contributed by atoms with Crippen LogP contribution in [0.4, 0.5) is 4.39 Å². The Morgan fingerprint density at radius 2 is 1.69 bits per heavy atom. The Kier molecular flexibility index (Phi) is 4.60. The maximum Gasteiger partial charge on any atom is 0.332 e. The quantitative estimate of drug-likeness (QED) is 0.784. The third-order valence-corrected chi connectivity index (χ3v) is 5.43. The highest BCUT2D eigenvalue weighted by Gasteiger charge is 2.45. The number of piperidine rings is 1. The third-order valence-electron chi connectivity index (χ3n) is 5.43. The highest BCUT2D eigenvalue weighted by molar-refractivity contribution is 5.98. The largest absolute Gasteiger partial charge is 0.451 e. The molecule has 0 aliphatic carbocycles. The van der Waals surface area contributed by atoms with E-state index in [4.69, 9.17) is 4.74 Å². The number of benzene rings is 2. The molecular formula is C22H22FNO2. The van der Waals surface area contributed by atoms with Gasteiger partial charge in [0.05, 0.1) is 0 Å². The normalized spacial score (nSPS) is 19.4. The van der Waals surface area contributed by atoms with Crippen molar-refractivity contribution in [2.75, 3.05) is 19.6 Å². The van der Waals surface area contributed by atoms with Crippen molar-refractivity contribution in [3.8, 4) is 0 Å². The molecule has 134 valence electrons. The molecule has 0 bridgehead atoms. The summed E-state index contributed by atoms with van der Waals surface area (Å²) in [5.74, 6) is -0.563. The molecule has 4 heteroatoms. The van der Waals surface area contributed by atoms with Crippen molar-refractivity contribution in [1.82, 2.24) is 4.90 Å². The number of rotatable bonds is 4. The van der Waals surface area contributed by atoms with E-state index in [0.29, 0.717) is 0 Å². The Balaban J connectivity index is 1.43. The molecule has 0 atom stereocenters. The Morgan fingerprint density at radius 1 is 1.00 bits per heavy atom. The second-order valence-corrected chi connectivity index (χ2v) is 7.06. The number of hydrogen-bond donors (Lipinski definition) is 0. The van der Waals surface area contributed by atoms with Crippen molar-refractivity contribution < 1.29 is 13.9 Å². The average molecular weight is 351 g/mol. The summed E-state index contributed by atoms with van der Waals surface area (Å²) >= 11 is 0. The van der Waals surface area contributed by atoms with Crippen LogP contribution in [-0.4, -0.2) is 36.1 Å². The molecule has 2 heterocycles. The molecule has 0 aromatic heterocycles. The van der Waals surface area contributed by atoms with Crippen LogP contribution in [0, 0.1) is 5.82 Å². The topological polar surface area (TPSA) is 29.5 Å². The molecule has 4 rings (SSSR count). The molecule has 26 heavy (non-hydrogen) atoms. The number of nitrogens with zero attached hydrogens (tertiary/aromatic N) is 1. The zero-order chi connectivity index (χ0) is 18.0. The maximum absolute atomic E-state index is 13.2. The van der Waals surface area contributed by atoms with Crippen LogP contribution in [0.25, 0.3) is 5.57 Å². The van der Waals surface area contributed by atoms with Crippen LogP contribution in [0.3, 0.4) is 0 Å². The molecule has 0 saturated carbocycles. The molecule has 2 aliphatic rings. The number of hydrogen-bond acceptors (Lipinski definition) is 3. The number of likely N-dealkylation sites (tertiary alicyclic amines) is 1. The van der Waals surface area contributed by atoms with Crippen LogP contribution in [0.1, 0.15) is 24.0 Å². The van der Waals surface area contributed by atoms with Crippen molar-refractivity contribution in [2.24, 2.45) is 0 Å². The van der Waals surface area contributed by atoms with E-state index in [-0.39, 0.29) is 11.8 Å². The van der Waals surface area contributed by atoms with Gasteiger partial charge < -0.3 is 9.64 Å². The molecule has 1 saturated heterocycles. The zero-order valence-electron chi connectivity index (χ0n) is 14.7. The predicted molar refractivity (Wildman–Crippen MR) is 99.0 cm³/mol. The van der Waals surface area contributed by atoms with Gasteiger partial charge in [-0.05, 0) is 29.7 Å². The van der Waals surface area contributed by atoms with Gasteiger partial charge in [0.1, 0.15) is 11.4 Å². The van der Waals surface area contributed by atoms with E-state index in [0.717, 1.165) is 50.0 Å². The number of ether oxygens (including phenoxy) is 1. The highest BCUT2D eigenvalue weighted by Crippen LogP contribution is 2.43. The van der Waals surface area contributed by atoms with Crippen LogP contribution < -0.4 is 0 Å². The third kappa shape index (κ3) is 3.42. The molecule has 1 spiro atoms. The first-order valence-corrected chi connectivity index (χ1v) is 9.12. The minimum atomic E-state index is -0.557. The Hall–Kier alpha value is -2.46. The van der Waals surface area contributed by atoms with Gasteiger partial charge in [-0.1, -0.05) is 42.5 Å². The Morgan fingerprint density at radius 3 is 2.38 bits per heavy atom. The van der Waals surface area contributed by atoms with E-state index in [2.05, 4.69) is 29.2 Å². The smallest absolute Gasteiger partial charge is 0.332 e. The first-order chi connectivity index (χ1) is 12.6. The van der Waals surface area contributed by atoms with Crippen molar-refractivity contribution in [3.05, 3.63) is 77.6 Å². The predicted octanol–water partition coefficient (Wildman–Crippen LogP) is 3.84.